The zero-order valence-corrected chi connectivity index (χ0v) is 9.65. The third-order valence-electron chi connectivity index (χ3n) is 3.34. The second-order valence-electron chi connectivity index (χ2n) is 4.41. The summed E-state index contributed by atoms with van der Waals surface area (Å²) in [5, 5.41) is 0. The van der Waals surface area contributed by atoms with Crippen LogP contribution in [-0.4, -0.2) is 16.8 Å². The molecule has 0 radical (unpaired) electrons. The molecule has 2 N–H and O–H groups in total. The van der Waals surface area contributed by atoms with Crippen molar-refractivity contribution < 1.29 is 4.79 Å². The molecule has 2 rings (SSSR count). The molecule has 1 aromatic heterocycles. The number of carbonyl (C=O) groups excluding carboxylic acids is 1. The van der Waals surface area contributed by atoms with Crippen molar-refractivity contribution in [1.82, 2.24) is 4.98 Å². The zero-order chi connectivity index (χ0) is 11.5. The number of hydrogen-bond acceptors (Lipinski definition) is 3. The van der Waals surface area contributed by atoms with E-state index in [0.29, 0.717) is 6.42 Å². The molecule has 0 saturated carbocycles. The number of Topliss-reactive ketones (excluding diaryl/α,β-unsaturated/α-hetero) is 1. The van der Waals surface area contributed by atoms with Crippen LogP contribution in [0.1, 0.15) is 43.4 Å². The summed E-state index contributed by atoms with van der Waals surface area (Å²) in [4.78, 5) is 16.5. The predicted molar refractivity (Wildman–Crippen MR) is 63.2 cm³/mol. The number of hydrogen-bond donors (Lipinski definition) is 1. The van der Waals surface area contributed by atoms with Gasteiger partial charge in [-0.1, -0.05) is 13.0 Å². The van der Waals surface area contributed by atoms with Gasteiger partial charge in [-0.05, 0) is 37.3 Å². The van der Waals surface area contributed by atoms with Crippen molar-refractivity contribution in [3.05, 3.63) is 29.6 Å². The lowest BCUT2D eigenvalue weighted by Crippen LogP contribution is -2.35. The molecule has 0 spiro atoms. The summed E-state index contributed by atoms with van der Waals surface area (Å²) in [7, 11) is 0. The van der Waals surface area contributed by atoms with Crippen molar-refractivity contribution in [2.45, 2.75) is 44.6 Å². The van der Waals surface area contributed by atoms with E-state index < -0.39 is 0 Å². The highest BCUT2D eigenvalue weighted by molar-refractivity contribution is 5.90. The minimum Gasteiger partial charge on any atom is -0.321 e. The van der Waals surface area contributed by atoms with E-state index in [9.17, 15) is 4.79 Å². The van der Waals surface area contributed by atoms with E-state index in [4.69, 9.17) is 5.73 Å². The maximum absolute atomic E-state index is 12.1. The van der Waals surface area contributed by atoms with Gasteiger partial charge in [0.15, 0.2) is 5.78 Å². The van der Waals surface area contributed by atoms with Gasteiger partial charge in [-0.3, -0.25) is 9.78 Å². The Morgan fingerprint density at radius 3 is 3.25 bits per heavy atom. The van der Waals surface area contributed by atoms with E-state index in [1.807, 2.05) is 13.0 Å². The first-order chi connectivity index (χ1) is 7.74. The molecule has 16 heavy (non-hydrogen) atoms. The predicted octanol–water partition coefficient (Wildman–Crippen LogP) is 1.81. The SMILES string of the molecule is CCC(N)C(=O)C1CCCc2cccnc21. The Bertz CT molecular complexity index is 389. The van der Waals surface area contributed by atoms with Crippen LogP contribution in [0, 0.1) is 0 Å². The van der Waals surface area contributed by atoms with Gasteiger partial charge in [-0.15, -0.1) is 0 Å². The number of pyridine rings is 1. The van der Waals surface area contributed by atoms with Gasteiger partial charge >= 0.3 is 0 Å². The van der Waals surface area contributed by atoms with E-state index in [1.54, 1.807) is 6.20 Å². The van der Waals surface area contributed by atoms with Gasteiger partial charge < -0.3 is 5.73 Å². The number of fused-ring (bicyclic) bond motifs is 1. The highest BCUT2D eigenvalue weighted by atomic mass is 16.1. The van der Waals surface area contributed by atoms with Crippen LogP contribution in [-0.2, 0) is 11.2 Å². The van der Waals surface area contributed by atoms with Crippen molar-refractivity contribution in [2.24, 2.45) is 5.73 Å². The lowest BCUT2D eigenvalue weighted by molar-refractivity contribution is -0.122. The minimum absolute atomic E-state index is 0.0695. The molecular weight excluding hydrogens is 200 g/mol. The van der Waals surface area contributed by atoms with E-state index in [-0.39, 0.29) is 17.7 Å². The molecular formula is C13H18N2O. The Morgan fingerprint density at radius 2 is 2.50 bits per heavy atom. The molecule has 2 unspecified atom stereocenters. The fraction of sp³-hybridized carbons (Fsp3) is 0.538. The number of ketones is 1. The van der Waals surface area contributed by atoms with Crippen LogP contribution < -0.4 is 5.73 Å². The summed E-state index contributed by atoms with van der Waals surface area (Å²) in [5.74, 6) is 0.0852. The maximum atomic E-state index is 12.1. The summed E-state index contributed by atoms with van der Waals surface area (Å²) in [6.07, 6.45) is 5.47. The van der Waals surface area contributed by atoms with E-state index in [2.05, 4.69) is 11.1 Å². The Morgan fingerprint density at radius 1 is 1.69 bits per heavy atom. The molecule has 1 heterocycles. The van der Waals surface area contributed by atoms with Gasteiger partial charge in [0.05, 0.1) is 17.7 Å². The molecule has 1 aliphatic carbocycles. The fourth-order valence-corrected chi connectivity index (χ4v) is 2.35. The van der Waals surface area contributed by atoms with Gasteiger partial charge in [0.25, 0.3) is 0 Å². The number of nitrogens with zero attached hydrogens (tertiary/aromatic N) is 1. The van der Waals surface area contributed by atoms with Crippen molar-refractivity contribution >= 4 is 5.78 Å². The van der Waals surface area contributed by atoms with Gasteiger partial charge in [-0.25, -0.2) is 0 Å². The number of aryl methyl sites for hydroxylation is 1. The van der Waals surface area contributed by atoms with Crippen molar-refractivity contribution in [2.75, 3.05) is 0 Å². The lowest BCUT2D eigenvalue weighted by Gasteiger charge is -2.24. The van der Waals surface area contributed by atoms with Crippen molar-refractivity contribution in [1.29, 1.82) is 0 Å². The number of aromatic nitrogens is 1. The number of nitrogens with two attached hydrogens (primary N) is 1. The third kappa shape index (κ3) is 2.00. The average Bonchev–Trinajstić information content (AvgIpc) is 2.36. The first-order valence-corrected chi connectivity index (χ1v) is 5.97. The van der Waals surface area contributed by atoms with E-state index in [0.717, 1.165) is 25.0 Å². The molecule has 0 fully saturated rings. The molecule has 2 atom stereocenters. The Kier molecular flexibility index (Phi) is 3.34. The largest absolute Gasteiger partial charge is 0.321 e. The minimum atomic E-state index is -0.335. The standard InChI is InChI=1S/C13H18N2O/c1-2-11(14)13(16)10-7-3-5-9-6-4-8-15-12(9)10/h4,6,8,10-11H,2-3,5,7,14H2,1H3. The molecule has 0 saturated heterocycles. The molecule has 1 aliphatic rings. The molecule has 1 aromatic rings. The van der Waals surface area contributed by atoms with Crippen molar-refractivity contribution in [3.63, 3.8) is 0 Å². The Balaban J connectivity index is 2.28. The lowest BCUT2D eigenvalue weighted by atomic mass is 9.81. The van der Waals surface area contributed by atoms with Crippen LogP contribution in [0.25, 0.3) is 0 Å². The summed E-state index contributed by atoms with van der Waals surface area (Å²) in [6.45, 7) is 1.95. The van der Waals surface area contributed by atoms with Crippen LogP contribution in [0.15, 0.2) is 18.3 Å². The summed E-state index contributed by atoms with van der Waals surface area (Å²) < 4.78 is 0. The average molecular weight is 218 g/mol. The Labute approximate surface area is 96.1 Å². The van der Waals surface area contributed by atoms with E-state index in [1.165, 1.54) is 5.56 Å². The monoisotopic (exact) mass is 218 g/mol. The zero-order valence-electron chi connectivity index (χ0n) is 9.65. The summed E-state index contributed by atoms with van der Waals surface area (Å²) >= 11 is 0. The normalized spacial score (nSPS) is 21.2. The van der Waals surface area contributed by atoms with Gasteiger partial charge in [0, 0.05) is 6.20 Å². The third-order valence-corrected chi connectivity index (χ3v) is 3.34. The second-order valence-corrected chi connectivity index (χ2v) is 4.41. The number of carbonyl (C=O) groups is 1. The molecule has 0 aliphatic heterocycles. The molecule has 86 valence electrons. The summed E-state index contributed by atoms with van der Waals surface area (Å²) in [5.41, 5.74) is 8.01. The first kappa shape index (κ1) is 11.3. The molecule has 0 aromatic carbocycles. The number of rotatable bonds is 3. The van der Waals surface area contributed by atoms with Crippen LogP contribution in [0.5, 0.6) is 0 Å². The van der Waals surface area contributed by atoms with Gasteiger partial charge in [-0.2, -0.15) is 0 Å². The topological polar surface area (TPSA) is 56.0 Å². The highest BCUT2D eigenvalue weighted by Gasteiger charge is 2.29. The maximum Gasteiger partial charge on any atom is 0.158 e. The molecule has 0 amide bonds. The summed E-state index contributed by atoms with van der Waals surface area (Å²) in [6, 6.07) is 3.67. The quantitative estimate of drug-likeness (QED) is 0.841. The van der Waals surface area contributed by atoms with Crippen LogP contribution in [0.2, 0.25) is 0 Å². The first-order valence-electron chi connectivity index (χ1n) is 5.97. The second kappa shape index (κ2) is 4.74. The molecule has 3 heteroatoms. The van der Waals surface area contributed by atoms with Crippen LogP contribution in [0.3, 0.4) is 0 Å². The van der Waals surface area contributed by atoms with E-state index >= 15 is 0 Å². The highest BCUT2D eigenvalue weighted by Crippen LogP contribution is 2.31. The van der Waals surface area contributed by atoms with Gasteiger partial charge in [0.2, 0.25) is 0 Å². The van der Waals surface area contributed by atoms with Crippen molar-refractivity contribution in [3.8, 4) is 0 Å². The Hall–Kier alpha value is -1.22. The van der Waals surface area contributed by atoms with Crippen LogP contribution in [0.4, 0.5) is 0 Å². The van der Waals surface area contributed by atoms with Crippen LogP contribution >= 0.6 is 0 Å². The fourth-order valence-electron chi connectivity index (χ4n) is 2.35. The molecule has 0 bridgehead atoms. The molecule has 3 nitrogen and oxygen atoms in total. The smallest absolute Gasteiger partial charge is 0.158 e. The van der Waals surface area contributed by atoms with Gasteiger partial charge in [0.1, 0.15) is 0 Å².